The Morgan fingerprint density at radius 1 is 1.57 bits per heavy atom. The lowest BCUT2D eigenvalue weighted by atomic mass is 10.1. The second-order valence-electron chi connectivity index (χ2n) is 3.81. The summed E-state index contributed by atoms with van der Waals surface area (Å²) in [7, 11) is 3.36. The Kier molecular flexibility index (Phi) is 3.46. The average molecular weight is 199 g/mol. The van der Waals surface area contributed by atoms with Crippen LogP contribution in [-0.2, 0) is 4.79 Å². The molecular formula is C9H17N3O2. The van der Waals surface area contributed by atoms with E-state index in [4.69, 9.17) is 5.73 Å². The number of ketones is 1. The standard InChI is InChI=1S/C9H17N3O2/c1-11(2)9(14)12-5-3-4-7(10)8(13)6-12/h7H,3-6,10H2,1-2H3. The van der Waals surface area contributed by atoms with E-state index in [0.29, 0.717) is 13.0 Å². The van der Waals surface area contributed by atoms with Gasteiger partial charge in [0.25, 0.3) is 0 Å². The number of hydrogen-bond donors (Lipinski definition) is 1. The Hall–Kier alpha value is -1.10. The van der Waals surface area contributed by atoms with E-state index >= 15 is 0 Å². The van der Waals surface area contributed by atoms with Gasteiger partial charge in [0.2, 0.25) is 0 Å². The third-order valence-corrected chi connectivity index (χ3v) is 2.36. The molecule has 1 heterocycles. The molecule has 2 amide bonds. The van der Waals surface area contributed by atoms with E-state index in [1.807, 2.05) is 0 Å². The Bertz CT molecular complexity index is 240. The van der Waals surface area contributed by atoms with Crippen molar-refractivity contribution in [2.45, 2.75) is 18.9 Å². The Labute approximate surface area is 83.8 Å². The maximum atomic E-state index is 11.6. The first-order valence-electron chi connectivity index (χ1n) is 4.77. The van der Waals surface area contributed by atoms with E-state index in [1.165, 1.54) is 4.90 Å². The zero-order chi connectivity index (χ0) is 10.7. The summed E-state index contributed by atoms with van der Waals surface area (Å²) in [5.74, 6) is -0.0438. The number of nitrogens with zero attached hydrogens (tertiary/aromatic N) is 2. The van der Waals surface area contributed by atoms with E-state index < -0.39 is 6.04 Å². The van der Waals surface area contributed by atoms with Crippen LogP contribution >= 0.6 is 0 Å². The van der Waals surface area contributed by atoms with Crippen molar-refractivity contribution in [2.24, 2.45) is 5.73 Å². The molecule has 1 aliphatic rings. The van der Waals surface area contributed by atoms with Crippen LogP contribution in [0.15, 0.2) is 0 Å². The number of amides is 2. The van der Waals surface area contributed by atoms with Crippen molar-refractivity contribution in [1.29, 1.82) is 0 Å². The number of nitrogens with two attached hydrogens (primary N) is 1. The second kappa shape index (κ2) is 4.41. The highest BCUT2D eigenvalue weighted by Crippen LogP contribution is 2.07. The van der Waals surface area contributed by atoms with Crippen LogP contribution in [0.25, 0.3) is 0 Å². The lowest BCUT2D eigenvalue weighted by molar-refractivity contribution is -0.120. The van der Waals surface area contributed by atoms with Gasteiger partial charge in [-0.25, -0.2) is 4.79 Å². The van der Waals surface area contributed by atoms with Crippen LogP contribution in [0, 0.1) is 0 Å². The summed E-state index contributed by atoms with van der Waals surface area (Å²) in [4.78, 5) is 26.0. The summed E-state index contributed by atoms with van der Waals surface area (Å²) in [6.07, 6.45) is 1.47. The number of likely N-dealkylation sites (tertiary alicyclic amines) is 1. The Morgan fingerprint density at radius 2 is 2.21 bits per heavy atom. The molecular weight excluding hydrogens is 182 g/mol. The van der Waals surface area contributed by atoms with Crippen molar-refractivity contribution >= 4 is 11.8 Å². The molecule has 1 saturated heterocycles. The molecule has 0 aromatic rings. The number of carbonyl (C=O) groups is 2. The lowest BCUT2D eigenvalue weighted by Gasteiger charge is -2.23. The van der Waals surface area contributed by atoms with Gasteiger partial charge in [-0.1, -0.05) is 0 Å². The molecule has 1 fully saturated rings. The van der Waals surface area contributed by atoms with Gasteiger partial charge < -0.3 is 15.5 Å². The summed E-state index contributed by atoms with van der Waals surface area (Å²) < 4.78 is 0. The largest absolute Gasteiger partial charge is 0.331 e. The van der Waals surface area contributed by atoms with Gasteiger partial charge in [-0.3, -0.25) is 4.79 Å². The predicted octanol–water partition coefficient (Wildman–Crippen LogP) is -0.340. The fourth-order valence-electron chi connectivity index (χ4n) is 1.49. The van der Waals surface area contributed by atoms with Gasteiger partial charge in [-0.2, -0.15) is 0 Å². The molecule has 0 spiro atoms. The van der Waals surface area contributed by atoms with Crippen molar-refractivity contribution in [3.63, 3.8) is 0 Å². The number of urea groups is 1. The Morgan fingerprint density at radius 3 is 2.79 bits per heavy atom. The van der Waals surface area contributed by atoms with Crippen LogP contribution in [0.2, 0.25) is 0 Å². The first-order valence-corrected chi connectivity index (χ1v) is 4.77. The van der Waals surface area contributed by atoms with E-state index in [0.717, 1.165) is 6.42 Å². The SMILES string of the molecule is CN(C)C(=O)N1CCCC(N)C(=O)C1. The molecule has 1 aliphatic heterocycles. The monoisotopic (exact) mass is 199 g/mol. The van der Waals surface area contributed by atoms with Gasteiger partial charge in [0.15, 0.2) is 5.78 Å². The normalized spacial score (nSPS) is 23.2. The van der Waals surface area contributed by atoms with Gasteiger partial charge in [-0.05, 0) is 12.8 Å². The summed E-state index contributed by atoms with van der Waals surface area (Å²) in [5, 5.41) is 0. The van der Waals surface area contributed by atoms with Gasteiger partial charge in [0.1, 0.15) is 0 Å². The third-order valence-electron chi connectivity index (χ3n) is 2.36. The molecule has 0 aromatic carbocycles. The predicted molar refractivity (Wildman–Crippen MR) is 52.9 cm³/mol. The summed E-state index contributed by atoms with van der Waals surface area (Å²) >= 11 is 0. The van der Waals surface area contributed by atoms with Crippen molar-refractivity contribution in [1.82, 2.24) is 9.80 Å². The molecule has 1 atom stereocenters. The van der Waals surface area contributed by atoms with Crippen LogP contribution in [0.3, 0.4) is 0 Å². The van der Waals surface area contributed by atoms with Gasteiger partial charge >= 0.3 is 6.03 Å². The molecule has 0 radical (unpaired) electrons. The smallest absolute Gasteiger partial charge is 0.319 e. The fourth-order valence-corrected chi connectivity index (χ4v) is 1.49. The first-order chi connectivity index (χ1) is 6.52. The van der Waals surface area contributed by atoms with E-state index in [-0.39, 0.29) is 18.4 Å². The molecule has 1 unspecified atom stereocenters. The average Bonchev–Trinajstić information content (AvgIpc) is 2.28. The molecule has 1 rings (SSSR count). The number of Topliss-reactive ketones (excluding diaryl/α,β-unsaturated/α-hetero) is 1. The zero-order valence-corrected chi connectivity index (χ0v) is 8.69. The summed E-state index contributed by atoms with van der Waals surface area (Å²) in [5.41, 5.74) is 5.62. The Balaban J connectivity index is 2.63. The third kappa shape index (κ3) is 2.45. The minimum atomic E-state index is -0.394. The van der Waals surface area contributed by atoms with E-state index in [9.17, 15) is 9.59 Å². The van der Waals surface area contributed by atoms with Crippen LogP contribution in [0.5, 0.6) is 0 Å². The fraction of sp³-hybridized carbons (Fsp3) is 0.778. The molecule has 2 N–H and O–H groups in total. The summed E-state index contributed by atoms with van der Waals surface area (Å²) in [6, 6.07) is -0.512. The van der Waals surface area contributed by atoms with Crippen molar-refractivity contribution in [2.75, 3.05) is 27.2 Å². The van der Waals surface area contributed by atoms with Gasteiger partial charge in [0.05, 0.1) is 12.6 Å². The minimum absolute atomic E-state index is 0.0438. The highest BCUT2D eigenvalue weighted by Gasteiger charge is 2.25. The number of carbonyl (C=O) groups excluding carboxylic acids is 2. The van der Waals surface area contributed by atoms with Crippen molar-refractivity contribution in [3.8, 4) is 0 Å². The quantitative estimate of drug-likeness (QED) is 0.580. The molecule has 5 nitrogen and oxygen atoms in total. The number of hydrogen-bond acceptors (Lipinski definition) is 3. The molecule has 80 valence electrons. The topological polar surface area (TPSA) is 66.6 Å². The van der Waals surface area contributed by atoms with Crippen LogP contribution in [0.1, 0.15) is 12.8 Å². The first kappa shape index (κ1) is 11.0. The zero-order valence-electron chi connectivity index (χ0n) is 8.69. The van der Waals surface area contributed by atoms with Crippen LogP contribution in [-0.4, -0.2) is 54.8 Å². The summed E-state index contributed by atoms with van der Waals surface area (Å²) in [6.45, 7) is 0.772. The second-order valence-corrected chi connectivity index (χ2v) is 3.81. The minimum Gasteiger partial charge on any atom is -0.331 e. The molecule has 14 heavy (non-hydrogen) atoms. The maximum absolute atomic E-state index is 11.6. The highest BCUT2D eigenvalue weighted by atomic mass is 16.2. The van der Waals surface area contributed by atoms with E-state index in [2.05, 4.69) is 0 Å². The van der Waals surface area contributed by atoms with Gasteiger partial charge in [0, 0.05) is 20.6 Å². The maximum Gasteiger partial charge on any atom is 0.319 e. The lowest BCUT2D eigenvalue weighted by Crippen LogP contribution is -2.43. The molecule has 0 aromatic heterocycles. The molecule has 0 bridgehead atoms. The van der Waals surface area contributed by atoms with E-state index in [1.54, 1.807) is 19.0 Å². The van der Waals surface area contributed by atoms with Crippen molar-refractivity contribution in [3.05, 3.63) is 0 Å². The van der Waals surface area contributed by atoms with Crippen LogP contribution < -0.4 is 5.73 Å². The van der Waals surface area contributed by atoms with Crippen molar-refractivity contribution < 1.29 is 9.59 Å². The highest BCUT2D eigenvalue weighted by molar-refractivity contribution is 5.89. The van der Waals surface area contributed by atoms with Gasteiger partial charge in [-0.15, -0.1) is 0 Å². The molecule has 0 saturated carbocycles. The molecule has 0 aliphatic carbocycles. The molecule has 5 heteroatoms. The van der Waals surface area contributed by atoms with Crippen LogP contribution in [0.4, 0.5) is 4.79 Å². The number of rotatable bonds is 0.